The lowest BCUT2D eigenvalue weighted by atomic mass is 10.0. The second-order valence-corrected chi connectivity index (χ2v) is 8.41. The smallest absolute Gasteiger partial charge is 0.184 e. The van der Waals surface area contributed by atoms with Gasteiger partial charge in [0.15, 0.2) is 15.3 Å². The van der Waals surface area contributed by atoms with E-state index in [9.17, 15) is 18.9 Å². The lowest BCUT2D eigenvalue weighted by molar-refractivity contribution is 0.591. The monoisotopic (exact) mass is 356 g/mol. The van der Waals surface area contributed by atoms with E-state index in [1.807, 2.05) is 19.1 Å². The van der Waals surface area contributed by atoms with Crippen LogP contribution in [0.3, 0.4) is 0 Å². The topological polar surface area (TPSA) is 81.7 Å². The van der Waals surface area contributed by atoms with Gasteiger partial charge in [0.05, 0.1) is 17.0 Å². The predicted octanol–water partition coefficient (Wildman–Crippen LogP) is 3.62. The molecule has 0 bridgehead atoms. The van der Waals surface area contributed by atoms with Crippen LogP contribution in [0.2, 0.25) is 5.02 Å². The summed E-state index contributed by atoms with van der Waals surface area (Å²) >= 11 is 5.98. The summed E-state index contributed by atoms with van der Waals surface area (Å²) in [5, 5.41) is 18.4. The van der Waals surface area contributed by atoms with Gasteiger partial charge in [-0.3, -0.25) is 0 Å². The predicted molar refractivity (Wildman–Crippen MR) is 90.0 cm³/mol. The maximum Gasteiger partial charge on any atom is 0.184 e. The van der Waals surface area contributed by atoms with Crippen LogP contribution in [0, 0.1) is 35.0 Å². The Hall–Kier alpha value is -2.34. The number of benzene rings is 2. The number of nitrogens with zero attached hydrogens (tertiary/aromatic N) is 2. The van der Waals surface area contributed by atoms with Gasteiger partial charge in [-0.25, -0.2) is 8.42 Å². The Kier molecular flexibility index (Phi) is 3.87. The van der Waals surface area contributed by atoms with Crippen molar-refractivity contribution >= 4 is 21.4 Å². The van der Waals surface area contributed by atoms with Crippen LogP contribution in [-0.2, 0) is 9.84 Å². The Morgan fingerprint density at radius 3 is 2.25 bits per heavy atom. The number of hydrogen-bond acceptors (Lipinski definition) is 4. The van der Waals surface area contributed by atoms with Crippen molar-refractivity contribution in [2.24, 2.45) is 5.41 Å². The van der Waals surface area contributed by atoms with Crippen molar-refractivity contribution in [2.75, 3.05) is 0 Å². The van der Waals surface area contributed by atoms with Crippen molar-refractivity contribution < 1.29 is 8.42 Å². The zero-order valence-corrected chi connectivity index (χ0v) is 14.3. The molecule has 0 aliphatic heterocycles. The van der Waals surface area contributed by atoms with Crippen LogP contribution in [-0.4, -0.2) is 13.7 Å². The van der Waals surface area contributed by atoms with Crippen LogP contribution in [0.4, 0.5) is 0 Å². The molecule has 6 heteroatoms. The van der Waals surface area contributed by atoms with Gasteiger partial charge in [0, 0.05) is 10.9 Å². The van der Waals surface area contributed by atoms with Gasteiger partial charge >= 0.3 is 0 Å². The maximum absolute atomic E-state index is 13.0. The van der Waals surface area contributed by atoms with Crippen molar-refractivity contribution in [2.45, 2.75) is 23.0 Å². The van der Waals surface area contributed by atoms with E-state index in [0.717, 1.165) is 5.56 Å². The first-order valence-corrected chi connectivity index (χ1v) is 9.18. The molecule has 0 amide bonds. The van der Waals surface area contributed by atoms with E-state index in [0.29, 0.717) is 10.6 Å². The number of nitriles is 2. The zero-order chi connectivity index (χ0) is 17.5. The molecule has 2 atom stereocenters. The molecule has 1 aliphatic carbocycles. The fraction of sp³-hybridized carbons (Fsp3) is 0.222. The minimum Gasteiger partial charge on any atom is -0.223 e. The van der Waals surface area contributed by atoms with Gasteiger partial charge in [0.1, 0.15) is 5.25 Å². The Bertz CT molecular complexity index is 971. The highest BCUT2D eigenvalue weighted by Crippen LogP contribution is 2.63. The third-order valence-corrected chi connectivity index (χ3v) is 6.87. The largest absolute Gasteiger partial charge is 0.223 e. The Balaban J connectivity index is 2.11. The molecule has 3 rings (SSSR count). The van der Waals surface area contributed by atoms with Crippen LogP contribution in [0.25, 0.3) is 0 Å². The molecule has 4 nitrogen and oxygen atoms in total. The summed E-state index contributed by atoms with van der Waals surface area (Å²) in [6.07, 6.45) is 0. The van der Waals surface area contributed by atoms with E-state index in [2.05, 4.69) is 0 Å². The lowest BCUT2D eigenvalue weighted by Gasteiger charge is -2.04. The molecular weight excluding hydrogens is 344 g/mol. The third-order valence-electron chi connectivity index (χ3n) is 4.39. The van der Waals surface area contributed by atoms with Crippen LogP contribution in [0.1, 0.15) is 17.0 Å². The van der Waals surface area contributed by atoms with Gasteiger partial charge in [-0.05, 0) is 36.8 Å². The highest BCUT2D eigenvalue weighted by Gasteiger charge is 2.73. The van der Waals surface area contributed by atoms with Gasteiger partial charge in [-0.1, -0.05) is 41.4 Å². The average molecular weight is 357 g/mol. The third kappa shape index (κ3) is 2.38. The van der Waals surface area contributed by atoms with Crippen LogP contribution in [0.5, 0.6) is 0 Å². The van der Waals surface area contributed by atoms with E-state index in [1.165, 1.54) is 12.1 Å². The van der Waals surface area contributed by atoms with E-state index in [-0.39, 0.29) is 4.90 Å². The van der Waals surface area contributed by atoms with Crippen LogP contribution < -0.4 is 0 Å². The molecule has 24 heavy (non-hydrogen) atoms. The number of halogens is 1. The second-order valence-electron chi connectivity index (χ2n) is 5.90. The summed E-state index contributed by atoms with van der Waals surface area (Å²) in [5.74, 6) is -0.711. The van der Waals surface area contributed by atoms with Gasteiger partial charge in [-0.2, -0.15) is 10.5 Å². The van der Waals surface area contributed by atoms with E-state index >= 15 is 0 Å². The molecule has 120 valence electrons. The molecular formula is C18H13ClN2O2S. The fourth-order valence-corrected chi connectivity index (χ4v) is 5.48. The molecule has 0 heterocycles. The van der Waals surface area contributed by atoms with Gasteiger partial charge in [-0.15, -0.1) is 0 Å². The summed E-state index contributed by atoms with van der Waals surface area (Å²) in [7, 11) is -3.81. The highest BCUT2D eigenvalue weighted by atomic mass is 35.5. The summed E-state index contributed by atoms with van der Waals surface area (Å²) in [6, 6.07) is 16.9. The van der Waals surface area contributed by atoms with E-state index in [1.54, 1.807) is 36.4 Å². The van der Waals surface area contributed by atoms with Crippen molar-refractivity contribution in [3.05, 3.63) is 64.7 Å². The van der Waals surface area contributed by atoms with Crippen LogP contribution in [0.15, 0.2) is 53.4 Å². The Labute approximate surface area is 145 Å². The summed E-state index contributed by atoms with van der Waals surface area (Å²) in [5.41, 5.74) is -0.0664. The standard InChI is InChI=1S/C18H13ClN2O2S/c1-12-5-7-15(8-6-12)24(22,23)17-16(18(17,10-20)11-21)13-3-2-4-14(19)9-13/h2-9,16-17H,1H3/t16-,17-/m1/s1. The fourth-order valence-electron chi connectivity index (χ4n) is 3.08. The molecule has 1 fully saturated rings. The number of sulfone groups is 1. The molecule has 0 spiro atoms. The van der Waals surface area contributed by atoms with E-state index < -0.39 is 26.4 Å². The van der Waals surface area contributed by atoms with E-state index in [4.69, 9.17) is 11.6 Å². The molecule has 0 radical (unpaired) electrons. The molecule has 1 aliphatic rings. The first-order valence-electron chi connectivity index (χ1n) is 7.25. The van der Waals surface area contributed by atoms with Gasteiger partial charge in [0.25, 0.3) is 0 Å². The minimum absolute atomic E-state index is 0.123. The van der Waals surface area contributed by atoms with Crippen molar-refractivity contribution in [3.63, 3.8) is 0 Å². The molecule has 1 saturated carbocycles. The van der Waals surface area contributed by atoms with Crippen molar-refractivity contribution in [1.82, 2.24) is 0 Å². The van der Waals surface area contributed by atoms with Crippen LogP contribution >= 0.6 is 11.6 Å². The molecule has 0 N–H and O–H groups in total. The average Bonchev–Trinajstić information content (AvgIpc) is 3.26. The van der Waals surface area contributed by atoms with Gasteiger partial charge in [0.2, 0.25) is 0 Å². The first kappa shape index (κ1) is 16.5. The Morgan fingerprint density at radius 2 is 1.71 bits per heavy atom. The minimum atomic E-state index is -3.81. The summed E-state index contributed by atoms with van der Waals surface area (Å²) in [6.45, 7) is 1.86. The summed E-state index contributed by atoms with van der Waals surface area (Å²) in [4.78, 5) is 0.123. The zero-order valence-electron chi connectivity index (χ0n) is 12.8. The number of rotatable bonds is 3. The quantitative estimate of drug-likeness (QED) is 0.840. The van der Waals surface area contributed by atoms with Crippen molar-refractivity contribution in [3.8, 4) is 12.1 Å². The number of hydrogen-bond donors (Lipinski definition) is 0. The Morgan fingerprint density at radius 1 is 1.08 bits per heavy atom. The van der Waals surface area contributed by atoms with Gasteiger partial charge < -0.3 is 0 Å². The molecule has 2 aromatic carbocycles. The highest BCUT2D eigenvalue weighted by molar-refractivity contribution is 7.92. The van der Waals surface area contributed by atoms with Crippen molar-refractivity contribution in [1.29, 1.82) is 10.5 Å². The molecule has 0 aromatic heterocycles. The molecule has 0 unspecified atom stereocenters. The normalized spacial score (nSPS) is 21.5. The maximum atomic E-state index is 13.0. The first-order chi connectivity index (χ1) is 11.4. The molecule has 2 aromatic rings. The SMILES string of the molecule is Cc1ccc(S(=O)(=O)[C@@H]2[C@@H](c3cccc(Cl)c3)C2(C#N)C#N)cc1. The number of aryl methyl sites for hydroxylation is 1. The molecule has 0 saturated heterocycles. The lowest BCUT2D eigenvalue weighted by Crippen LogP contribution is -2.14. The summed E-state index contributed by atoms with van der Waals surface area (Å²) < 4.78 is 25.9. The second kappa shape index (κ2) is 5.63.